The van der Waals surface area contributed by atoms with E-state index in [-0.39, 0.29) is 0 Å². The van der Waals surface area contributed by atoms with Crippen LogP contribution in [0.3, 0.4) is 0 Å². The molecular weight excluding hydrogens is 226 g/mol. The molecular formula is C14H11N3O. The first-order valence-corrected chi connectivity index (χ1v) is 5.84. The summed E-state index contributed by atoms with van der Waals surface area (Å²) in [5.41, 5.74) is 5.07. The van der Waals surface area contributed by atoms with Crippen LogP contribution in [0.25, 0.3) is 33.1 Å². The van der Waals surface area contributed by atoms with Gasteiger partial charge in [-0.3, -0.25) is 0 Å². The fourth-order valence-corrected chi connectivity index (χ4v) is 2.50. The normalized spacial score (nSPS) is 11.6. The zero-order valence-electron chi connectivity index (χ0n) is 9.82. The predicted octanol–water partition coefficient (Wildman–Crippen LogP) is 3.61. The fourth-order valence-electron chi connectivity index (χ4n) is 2.50. The Morgan fingerprint density at radius 2 is 1.89 bits per heavy atom. The topological polar surface area (TPSA) is 57.6 Å². The summed E-state index contributed by atoms with van der Waals surface area (Å²) in [6.45, 7) is 1.96. The van der Waals surface area contributed by atoms with Gasteiger partial charge in [0.05, 0.1) is 11.1 Å². The third-order valence-electron chi connectivity index (χ3n) is 3.36. The van der Waals surface area contributed by atoms with Gasteiger partial charge in [0.2, 0.25) is 5.71 Å². The van der Waals surface area contributed by atoms with Crippen LogP contribution in [0.15, 0.2) is 41.2 Å². The van der Waals surface area contributed by atoms with Crippen LogP contribution < -0.4 is 0 Å². The van der Waals surface area contributed by atoms with E-state index >= 15 is 0 Å². The van der Waals surface area contributed by atoms with E-state index in [0.717, 1.165) is 27.9 Å². The van der Waals surface area contributed by atoms with Crippen molar-refractivity contribution in [3.05, 3.63) is 42.4 Å². The Hall–Kier alpha value is -2.49. The molecule has 3 heterocycles. The fraction of sp³-hybridized carbons (Fsp3) is 0.0714. The maximum atomic E-state index is 5.22. The molecule has 0 aliphatic heterocycles. The Morgan fingerprint density at radius 3 is 2.83 bits per heavy atom. The molecule has 0 amide bonds. The van der Waals surface area contributed by atoms with Crippen molar-refractivity contribution in [1.29, 1.82) is 0 Å². The Balaban J connectivity index is 2.10. The molecule has 1 aromatic carbocycles. The standard InChI is InChI=1S/C14H11N3O/c1-8-13-11(7-16-14(13)18-17-8)10-6-15-12-5-3-2-4-9(10)12/h2-7,15-16H,1H3. The zero-order valence-corrected chi connectivity index (χ0v) is 9.82. The van der Waals surface area contributed by atoms with Crippen molar-refractivity contribution in [2.45, 2.75) is 6.92 Å². The van der Waals surface area contributed by atoms with E-state index < -0.39 is 0 Å². The van der Waals surface area contributed by atoms with E-state index in [1.165, 1.54) is 10.9 Å². The van der Waals surface area contributed by atoms with Gasteiger partial charge in [-0.05, 0) is 13.0 Å². The van der Waals surface area contributed by atoms with E-state index in [9.17, 15) is 0 Å². The van der Waals surface area contributed by atoms with Crippen molar-refractivity contribution in [2.24, 2.45) is 0 Å². The highest BCUT2D eigenvalue weighted by molar-refractivity contribution is 6.04. The molecule has 4 nitrogen and oxygen atoms in total. The second-order valence-electron chi connectivity index (χ2n) is 4.42. The minimum atomic E-state index is 0.729. The van der Waals surface area contributed by atoms with Crippen LogP contribution in [-0.4, -0.2) is 15.1 Å². The maximum Gasteiger partial charge on any atom is 0.236 e. The van der Waals surface area contributed by atoms with E-state index in [1.807, 2.05) is 31.5 Å². The van der Waals surface area contributed by atoms with Gasteiger partial charge in [0.15, 0.2) is 0 Å². The number of nitrogens with one attached hydrogen (secondary N) is 2. The summed E-state index contributed by atoms with van der Waals surface area (Å²) >= 11 is 0. The third-order valence-corrected chi connectivity index (χ3v) is 3.36. The molecule has 0 spiro atoms. The average Bonchev–Trinajstić information content (AvgIpc) is 3.06. The van der Waals surface area contributed by atoms with Crippen LogP contribution in [0.2, 0.25) is 0 Å². The van der Waals surface area contributed by atoms with Crippen LogP contribution in [-0.2, 0) is 0 Å². The van der Waals surface area contributed by atoms with Gasteiger partial charge >= 0.3 is 0 Å². The van der Waals surface area contributed by atoms with Gasteiger partial charge in [0.25, 0.3) is 0 Å². The van der Waals surface area contributed by atoms with E-state index in [1.54, 1.807) is 0 Å². The summed E-state index contributed by atoms with van der Waals surface area (Å²) < 4.78 is 5.22. The van der Waals surface area contributed by atoms with Gasteiger partial charge in [0.1, 0.15) is 0 Å². The lowest BCUT2D eigenvalue weighted by Gasteiger charge is -1.95. The Morgan fingerprint density at radius 1 is 1.06 bits per heavy atom. The highest BCUT2D eigenvalue weighted by atomic mass is 16.5. The molecule has 4 heteroatoms. The molecule has 88 valence electrons. The second-order valence-corrected chi connectivity index (χ2v) is 4.42. The molecule has 0 unspecified atom stereocenters. The van der Waals surface area contributed by atoms with Crippen LogP contribution >= 0.6 is 0 Å². The molecule has 0 saturated heterocycles. The van der Waals surface area contributed by atoms with E-state index in [2.05, 4.69) is 27.3 Å². The first-order valence-electron chi connectivity index (χ1n) is 5.84. The number of nitrogens with zero attached hydrogens (tertiary/aromatic N) is 1. The Bertz CT molecular complexity index is 850. The number of fused-ring (bicyclic) bond motifs is 2. The number of aryl methyl sites for hydroxylation is 1. The number of benzene rings is 1. The summed E-state index contributed by atoms with van der Waals surface area (Å²) in [6, 6.07) is 8.26. The molecule has 4 aromatic rings. The molecule has 3 aromatic heterocycles. The molecule has 0 radical (unpaired) electrons. The van der Waals surface area contributed by atoms with Crippen LogP contribution in [0.4, 0.5) is 0 Å². The Labute approximate surface area is 103 Å². The van der Waals surface area contributed by atoms with E-state index in [4.69, 9.17) is 4.52 Å². The zero-order chi connectivity index (χ0) is 12.1. The van der Waals surface area contributed by atoms with Crippen molar-refractivity contribution in [3.63, 3.8) is 0 Å². The maximum absolute atomic E-state index is 5.22. The monoisotopic (exact) mass is 237 g/mol. The van der Waals surface area contributed by atoms with Gasteiger partial charge in [-0.2, -0.15) is 0 Å². The molecule has 0 fully saturated rings. The van der Waals surface area contributed by atoms with Gasteiger partial charge in [-0.1, -0.05) is 23.4 Å². The molecule has 4 rings (SSSR count). The first-order chi connectivity index (χ1) is 8.84. The smallest absolute Gasteiger partial charge is 0.236 e. The van der Waals surface area contributed by atoms with Gasteiger partial charge in [0, 0.05) is 34.4 Å². The van der Waals surface area contributed by atoms with Crippen LogP contribution in [0.1, 0.15) is 5.69 Å². The lowest BCUT2D eigenvalue weighted by atomic mass is 10.0. The van der Waals surface area contributed by atoms with Crippen LogP contribution in [0, 0.1) is 6.92 Å². The molecule has 0 saturated carbocycles. The number of para-hydroxylation sites is 1. The second kappa shape index (κ2) is 3.26. The van der Waals surface area contributed by atoms with Gasteiger partial charge < -0.3 is 14.5 Å². The first kappa shape index (κ1) is 9.53. The van der Waals surface area contributed by atoms with Crippen molar-refractivity contribution in [2.75, 3.05) is 0 Å². The van der Waals surface area contributed by atoms with Crippen molar-refractivity contribution in [1.82, 2.24) is 15.1 Å². The van der Waals surface area contributed by atoms with Crippen molar-refractivity contribution in [3.8, 4) is 11.1 Å². The summed E-state index contributed by atoms with van der Waals surface area (Å²) in [6.07, 6.45) is 4.00. The highest BCUT2D eigenvalue weighted by Crippen LogP contribution is 2.35. The minimum Gasteiger partial charge on any atom is -0.361 e. The van der Waals surface area contributed by atoms with E-state index in [0.29, 0.717) is 0 Å². The summed E-state index contributed by atoms with van der Waals surface area (Å²) in [5.74, 6) is 0. The average molecular weight is 237 g/mol. The summed E-state index contributed by atoms with van der Waals surface area (Å²) in [4.78, 5) is 6.41. The number of H-pyrrole nitrogens is 2. The molecule has 2 N–H and O–H groups in total. The third kappa shape index (κ3) is 1.12. The van der Waals surface area contributed by atoms with Crippen LogP contribution in [0.5, 0.6) is 0 Å². The quantitative estimate of drug-likeness (QED) is 0.531. The van der Waals surface area contributed by atoms with Crippen molar-refractivity contribution >= 4 is 22.0 Å². The number of hydrogen-bond donors (Lipinski definition) is 2. The summed E-state index contributed by atoms with van der Waals surface area (Å²) in [7, 11) is 0. The molecule has 0 aliphatic carbocycles. The molecule has 0 aliphatic rings. The lowest BCUT2D eigenvalue weighted by molar-refractivity contribution is 0.443. The lowest BCUT2D eigenvalue weighted by Crippen LogP contribution is -1.75. The van der Waals surface area contributed by atoms with Gasteiger partial charge in [-0.25, -0.2) is 0 Å². The van der Waals surface area contributed by atoms with Gasteiger partial charge in [-0.15, -0.1) is 0 Å². The minimum absolute atomic E-state index is 0.729. The summed E-state index contributed by atoms with van der Waals surface area (Å²) in [5, 5.41) is 6.25. The number of hydrogen-bond acceptors (Lipinski definition) is 2. The van der Waals surface area contributed by atoms with Crippen molar-refractivity contribution < 1.29 is 4.52 Å². The largest absolute Gasteiger partial charge is 0.361 e. The SMILES string of the molecule is Cc1noc2[nH]cc(-c3c[nH]c4ccccc34)c12. The number of aromatic nitrogens is 3. The predicted molar refractivity (Wildman–Crippen MR) is 70.4 cm³/mol. The molecule has 0 atom stereocenters. The number of aromatic amines is 2. The number of rotatable bonds is 1. The molecule has 0 bridgehead atoms. The molecule has 18 heavy (non-hydrogen) atoms. The Kier molecular flexibility index (Phi) is 1.73. The highest BCUT2D eigenvalue weighted by Gasteiger charge is 2.15.